The topological polar surface area (TPSA) is 66.5 Å². The molecular formula is C18H26N2O3. The minimum absolute atomic E-state index is 0.149. The summed E-state index contributed by atoms with van der Waals surface area (Å²) in [4.78, 5) is 12.9. The molecule has 23 heavy (non-hydrogen) atoms. The Hall–Kier alpha value is -2.17. The molecule has 0 atom stereocenters. The Bertz CT molecular complexity index is 722. The third-order valence-electron chi connectivity index (χ3n) is 3.89. The molecule has 0 aliphatic heterocycles. The van der Waals surface area contributed by atoms with Crippen LogP contribution in [0.25, 0.3) is 10.9 Å². The fraction of sp³-hybridized carbons (Fsp3) is 0.500. The number of hydrogen-bond acceptors (Lipinski definition) is 4. The van der Waals surface area contributed by atoms with Crippen LogP contribution in [-0.4, -0.2) is 18.3 Å². The van der Waals surface area contributed by atoms with E-state index >= 15 is 0 Å². The number of hydrogen-bond donors (Lipinski definition) is 1. The molecule has 1 aromatic heterocycles. The second-order valence-electron chi connectivity index (χ2n) is 5.65. The summed E-state index contributed by atoms with van der Waals surface area (Å²) >= 11 is 0. The van der Waals surface area contributed by atoms with E-state index < -0.39 is 0 Å². The molecule has 0 aliphatic carbocycles. The molecule has 126 valence electrons. The number of nitrogens with two attached hydrogens (primary N) is 1. The van der Waals surface area contributed by atoms with Gasteiger partial charge in [0.05, 0.1) is 19.2 Å². The Morgan fingerprint density at radius 3 is 2.52 bits per heavy atom. The molecule has 0 spiro atoms. The van der Waals surface area contributed by atoms with Gasteiger partial charge in [0, 0.05) is 17.6 Å². The number of benzene rings is 1. The number of nitrogens with zero attached hydrogens (tertiary/aromatic N) is 1. The quantitative estimate of drug-likeness (QED) is 0.597. The Kier molecular flexibility index (Phi) is 5.90. The molecule has 0 bridgehead atoms. The van der Waals surface area contributed by atoms with E-state index in [4.69, 9.17) is 15.2 Å². The number of unbranched alkanes of at least 4 members (excludes halogenated alkanes) is 2. The number of aryl methyl sites for hydroxylation is 1. The number of fused-ring (bicyclic) bond motifs is 1. The molecule has 0 saturated carbocycles. The zero-order valence-corrected chi connectivity index (χ0v) is 14.2. The standard InChI is InChI=1S/C18H26N2O3/c1-4-6-10-20-15-12-13(19)8-9-14(15)16(22-3)17(18(20)21)23-11-7-5-2/h8-9,12H,4-7,10-11,19H2,1-3H3. The highest BCUT2D eigenvalue weighted by Gasteiger charge is 2.19. The summed E-state index contributed by atoms with van der Waals surface area (Å²) in [6.07, 6.45) is 3.84. The van der Waals surface area contributed by atoms with Gasteiger partial charge in [0.2, 0.25) is 5.75 Å². The van der Waals surface area contributed by atoms with Gasteiger partial charge in [-0.3, -0.25) is 4.79 Å². The molecule has 1 aromatic carbocycles. The van der Waals surface area contributed by atoms with Gasteiger partial charge in [-0.2, -0.15) is 0 Å². The molecule has 0 saturated heterocycles. The normalized spacial score (nSPS) is 10.9. The maximum absolute atomic E-state index is 12.9. The van der Waals surface area contributed by atoms with Gasteiger partial charge in [0.15, 0.2) is 5.75 Å². The molecular weight excluding hydrogens is 292 g/mol. The molecule has 2 aromatic rings. The maximum atomic E-state index is 12.9. The number of ether oxygens (including phenoxy) is 2. The highest BCUT2D eigenvalue weighted by atomic mass is 16.5. The number of pyridine rings is 1. The van der Waals surface area contributed by atoms with Gasteiger partial charge < -0.3 is 19.8 Å². The number of rotatable bonds is 8. The van der Waals surface area contributed by atoms with Gasteiger partial charge in [0.1, 0.15) is 0 Å². The lowest BCUT2D eigenvalue weighted by Crippen LogP contribution is -2.24. The first-order valence-electron chi connectivity index (χ1n) is 8.26. The first-order chi connectivity index (χ1) is 11.1. The lowest BCUT2D eigenvalue weighted by molar-refractivity contribution is 0.283. The first-order valence-corrected chi connectivity index (χ1v) is 8.26. The van der Waals surface area contributed by atoms with Crippen LogP contribution in [0, 0.1) is 0 Å². The molecule has 0 unspecified atom stereocenters. The van der Waals surface area contributed by atoms with Crippen molar-refractivity contribution in [3.63, 3.8) is 0 Å². The second-order valence-corrected chi connectivity index (χ2v) is 5.65. The van der Waals surface area contributed by atoms with Crippen LogP contribution in [-0.2, 0) is 6.54 Å². The molecule has 1 heterocycles. The molecule has 2 rings (SSSR count). The second kappa shape index (κ2) is 7.90. The van der Waals surface area contributed by atoms with Crippen molar-refractivity contribution in [1.82, 2.24) is 4.57 Å². The Morgan fingerprint density at radius 1 is 1.13 bits per heavy atom. The molecule has 0 aliphatic rings. The molecule has 0 amide bonds. The Balaban J connectivity index is 2.66. The summed E-state index contributed by atoms with van der Waals surface area (Å²) in [5.74, 6) is 0.795. The Labute approximate surface area is 137 Å². The van der Waals surface area contributed by atoms with Crippen molar-refractivity contribution in [2.45, 2.75) is 46.1 Å². The van der Waals surface area contributed by atoms with Crippen LogP contribution in [0.4, 0.5) is 5.69 Å². The van der Waals surface area contributed by atoms with E-state index in [-0.39, 0.29) is 5.56 Å². The largest absolute Gasteiger partial charge is 0.492 e. The molecule has 0 radical (unpaired) electrons. The van der Waals surface area contributed by atoms with Crippen LogP contribution >= 0.6 is 0 Å². The predicted molar refractivity (Wildman–Crippen MR) is 94.5 cm³/mol. The smallest absolute Gasteiger partial charge is 0.297 e. The minimum Gasteiger partial charge on any atom is -0.492 e. The van der Waals surface area contributed by atoms with E-state index in [1.807, 2.05) is 18.2 Å². The lowest BCUT2D eigenvalue weighted by atomic mass is 10.1. The van der Waals surface area contributed by atoms with Crippen molar-refractivity contribution in [2.75, 3.05) is 19.5 Å². The fourth-order valence-electron chi connectivity index (χ4n) is 2.60. The van der Waals surface area contributed by atoms with Crippen molar-refractivity contribution >= 4 is 16.6 Å². The van der Waals surface area contributed by atoms with Gasteiger partial charge in [0.25, 0.3) is 5.56 Å². The van der Waals surface area contributed by atoms with Crippen LogP contribution in [0.5, 0.6) is 11.5 Å². The highest BCUT2D eigenvalue weighted by Crippen LogP contribution is 2.33. The molecule has 5 heteroatoms. The van der Waals surface area contributed by atoms with Crippen molar-refractivity contribution in [1.29, 1.82) is 0 Å². The average Bonchev–Trinajstić information content (AvgIpc) is 2.55. The number of anilines is 1. The van der Waals surface area contributed by atoms with Crippen molar-refractivity contribution in [2.24, 2.45) is 0 Å². The minimum atomic E-state index is -0.149. The summed E-state index contributed by atoms with van der Waals surface area (Å²) in [7, 11) is 1.56. The van der Waals surface area contributed by atoms with Crippen LogP contribution in [0.3, 0.4) is 0 Å². The summed E-state index contributed by atoms with van der Waals surface area (Å²) in [5, 5.41) is 0.851. The van der Waals surface area contributed by atoms with Gasteiger partial charge in [-0.1, -0.05) is 26.7 Å². The summed E-state index contributed by atoms with van der Waals surface area (Å²) in [6.45, 7) is 5.34. The lowest BCUT2D eigenvalue weighted by Gasteiger charge is -2.17. The summed E-state index contributed by atoms with van der Waals surface area (Å²) in [6, 6.07) is 5.53. The summed E-state index contributed by atoms with van der Waals surface area (Å²) < 4.78 is 13.0. The van der Waals surface area contributed by atoms with E-state index in [2.05, 4.69) is 13.8 Å². The van der Waals surface area contributed by atoms with Crippen molar-refractivity contribution in [3.05, 3.63) is 28.6 Å². The zero-order chi connectivity index (χ0) is 16.8. The van der Waals surface area contributed by atoms with Gasteiger partial charge in [-0.05, 0) is 31.0 Å². The van der Waals surface area contributed by atoms with E-state index in [0.717, 1.165) is 36.6 Å². The van der Waals surface area contributed by atoms with Crippen molar-refractivity contribution < 1.29 is 9.47 Å². The zero-order valence-electron chi connectivity index (χ0n) is 14.2. The third-order valence-corrected chi connectivity index (χ3v) is 3.89. The van der Waals surface area contributed by atoms with Crippen LogP contribution in [0.2, 0.25) is 0 Å². The monoisotopic (exact) mass is 318 g/mol. The highest BCUT2D eigenvalue weighted by molar-refractivity contribution is 5.90. The van der Waals surface area contributed by atoms with Crippen LogP contribution < -0.4 is 20.8 Å². The maximum Gasteiger partial charge on any atom is 0.297 e. The van der Waals surface area contributed by atoms with E-state index in [1.165, 1.54) is 0 Å². The van der Waals surface area contributed by atoms with Gasteiger partial charge in [-0.15, -0.1) is 0 Å². The van der Waals surface area contributed by atoms with Crippen molar-refractivity contribution in [3.8, 4) is 11.5 Å². The molecule has 5 nitrogen and oxygen atoms in total. The van der Waals surface area contributed by atoms with Gasteiger partial charge in [-0.25, -0.2) is 0 Å². The predicted octanol–water partition coefficient (Wildman–Crippen LogP) is 3.57. The van der Waals surface area contributed by atoms with Crippen LogP contribution in [0.15, 0.2) is 23.0 Å². The SMILES string of the molecule is CCCCOc1c(OC)c2ccc(N)cc2n(CCCC)c1=O. The number of aromatic nitrogens is 1. The van der Waals surface area contributed by atoms with Gasteiger partial charge >= 0.3 is 0 Å². The third kappa shape index (κ3) is 3.60. The molecule has 0 fully saturated rings. The fourth-order valence-corrected chi connectivity index (χ4v) is 2.60. The average molecular weight is 318 g/mol. The van der Waals surface area contributed by atoms with E-state index in [1.54, 1.807) is 11.7 Å². The van der Waals surface area contributed by atoms with Crippen LogP contribution in [0.1, 0.15) is 39.5 Å². The van der Waals surface area contributed by atoms with E-state index in [0.29, 0.717) is 30.3 Å². The number of methoxy groups -OCH3 is 1. The molecule has 2 N–H and O–H groups in total. The number of nitrogen functional groups attached to an aromatic ring is 1. The summed E-state index contributed by atoms with van der Waals surface area (Å²) in [5.41, 5.74) is 7.19. The first kappa shape index (κ1) is 17.2. The Morgan fingerprint density at radius 2 is 1.87 bits per heavy atom. The van der Waals surface area contributed by atoms with E-state index in [9.17, 15) is 4.79 Å².